The molecule has 1 saturated carbocycles. The molecule has 1 aromatic rings. The SMILES string of the molecule is COc1ccc([C@H]2[C@@H]3CN(CC4CCC4)C[C@@H]3CN2C(=O)N(C)C)cc1.O=CO. The zero-order valence-corrected chi connectivity index (χ0v) is 17.7. The van der Waals surface area contributed by atoms with E-state index in [1.54, 1.807) is 12.0 Å². The molecule has 7 nitrogen and oxygen atoms in total. The van der Waals surface area contributed by atoms with Gasteiger partial charge in [0.05, 0.1) is 13.2 Å². The molecule has 3 fully saturated rings. The summed E-state index contributed by atoms with van der Waals surface area (Å²) < 4.78 is 5.31. The van der Waals surface area contributed by atoms with Gasteiger partial charge in [0.2, 0.25) is 0 Å². The second-order valence-corrected chi connectivity index (χ2v) is 8.59. The van der Waals surface area contributed by atoms with Crippen LogP contribution in [0.1, 0.15) is 30.9 Å². The molecule has 1 aliphatic carbocycles. The van der Waals surface area contributed by atoms with Crippen LogP contribution in [0.4, 0.5) is 4.79 Å². The molecule has 3 atom stereocenters. The van der Waals surface area contributed by atoms with E-state index in [1.165, 1.54) is 31.4 Å². The molecule has 2 saturated heterocycles. The minimum atomic E-state index is -0.250. The molecule has 0 unspecified atom stereocenters. The van der Waals surface area contributed by atoms with Gasteiger partial charge in [-0.25, -0.2) is 4.79 Å². The maximum atomic E-state index is 12.8. The Morgan fingerprint density at radius 2 is 1.86 bits per heavy atom. The molecule has 2 aliphatic heterocycles. The molecular weight excluding hydrogens is 370 g/mol. The minimum absolute atomic E-state index is 0.130. The highest BCUT2D eigenvalue weighted by atomic mass is 16.5. The summed E-state index contributed by atoms with van der Waals surface area (Å²) in [5.41, 5.74) is 1.24. The van der Waals surface area contributed by atoms with Gasteiger partial charge in [-0.1, -0.05) is 18.6 Å². The van der Waals surface area contributed by atoms with Crippen molar-refractivity contribution in [1.29, 1.82) is 0 Å². The fourth-order valence-corrected chi connectivity index (χ4v) is 5.01. The van der Waals surface area contributed by atoms with Crippen molar-refractivity contribution in [2.45, 2.75) is 25.3 Å². The van der Waals surface area contributed by atoms with Crippen molar-refractivity contribution in [3.63, 3.8) is 0 Å². The van der Waals surface area contributed by atoms with E-state index in [-0.39, 0.29) is 18.5 Å². The van der Waals surface area contributed by atoms with Crippen LogP contribution in [0.5, 0.6) is 5.75 Å². The molecule has 160 valence electrons. The lowest BCUT2D eigenvalue weighted by atomic mass is 9.85. The molecule has 7 heteroatoms. The van der Waals surface area contributed by atoms with Crippen LogP contribution < -0.4 is 4.74 Å². The number of carboxylic acid groups (broad SMARTS) is 1. The highest BCUT2D eigenvalue weighted by molar-refractivity contribution is 5.75. The fraction of sp³-hybridized carbons (Fsp3) is 0.636. The molecule has 0 aromatic heterocycles. The first-order chi connectivity index (χ1) is 14.0. The molecule has 2 heterocycles. The van der Waals surface area contributed by atoms with Crippen molar-refractivity contribution in [2.24, 2.45) is 17.8 Å². The van der Waals surface area contributed by atoms with Gasteiger partial charge < -0.3 is 24.5 Å². The molecule has 0 spiro atoms. The van der Waals surface area contributed by atoms with Crippen LogP contribution in [0.25, 0.3) is 0 Å². The Balaban J connectivity index is 0.000000755. The van der Waals surface area contributed by atoms with Crippen LogP contribution in [0, 0.1) is 17.8 Å². The smallest absolute Gasteiger partial charge is 0.320 e. The predicted molar refractivity (Wildman–Crippen MR) is 111 cm³/mol. The minimum Gasteiger partial charge on any atom is -0.497 e. The van der Waals surface area contributed by atoms with Crippen LogP contribution in [-0.4, -0.2) is 79.7 Å². The second-order valence-electron chi connectivity index (χ2n) is 8.59. The molecule has 29 heavy (non-hydrogen) atoms. The number of fused-ring (bicyclic) bond motifs is 1. The number of likely N-dealkylation sites (tertiary alicyclic amines) is 2. The van der Waals surface area contributed by atoms with Crippen LogP contribution >= 0.6 is 0 Å². The van der Waals surface area contributed by atoms with E-state index < -0.39 is 0 Å². The van der Waals surface area contributed by atoms with Crippen molar-refractivity contribution in [3.05, 3.63) is 29.8 Å². The number of amides is 2. The van der Waals surface area contributed by atoms with Gasteiger partial charge in [0.1, 0.15) is 5.75 Å². The van der Waals surface area contributed by atoms with Gasteiger partial charge in [-0.2, -0.15) is 0 Å². The number of ether oxygens (including phenoxy) is 1. The van der Waals surface area contributed by atoms with Crippen molar-refractivity contribution in [2.75, 3.05) is 47.4 Å². The third kappa shape index (κ3) is 4.66. The zero-order chi connectivity index (χ0) is 21.0. The standard InChI is InChI=1S/C21H31N3O2.CH2O2/c1-22(2)21(25)24-13-17-12-23(11-15-5-4-6-15)14-19(17)20(24)16-7-9-18(26-3)10-8-16;2-1-3/h7-10,15,17,19-20H,4-6,11-14H2,1-3H3;1H,(H,2,3)/t17-,19-,20+;/m1./s1. The average molecular weight is 404 g/mol. The summed E-state index contributed by atoms with van der Waals surface area (Å²) in [6, 6.07) is 8.61. The van der Waals surface area contributed by atoms with Gasteiger partial charge in [-0.3, -0.25) is 4.79 Å². The lowest BCUT2D eigenvalue weighted by molar-refractivity contribution is -0.122. The highest BCUT2D eigenvalue weighted by Gasteiger charge is 2.49. The van der Waals surface area contributed by atoms with Gasteiger partial charge >= 0.3 is 6.03 Å². The third-order valence-electron chi connectivity index (χ3n) is 6.57. The number of carbonyl (C=O) groups excluding carboxylic acids is 1. The number of benzene rings is 1. The summed E-state index contributed by atoms with van der Waals surface area (Å²) in [5.74, 6) is 2.90. The number of carbonyl (C=O) groups is 2. The molecule has 1 aromatic carbocycles. The first-order valence-electron chi connectivity index (χ1n) is 10.4. The van der Waals surface area contributed by atoms with E-state index in [4.69, 9.17) is 14.6 Å². The number of hydrogen-bond acceptors (Lipinski definition) is 4. The summed E-state index contributed by atoms with van der Waals surface area (Å²) in [7, 11) is 5.40. The Morgan fingerprint density at radius 1 is 1.21 bits per heavy atom. The van der Waals surface area contributed by atoms with Gasteiger partial charge in [0.15, 0.2) is 0 Å². The Morgan fingerprint density at radius 3 is 2.38 bits per heavy atom. The van der Waals surface area contributed by atoms with Gasteiger partial charge in [0.25, 0.3) is 6.47 Å². The first-order valence-corrected chi connectivity index (χ1v) is 10.4. The Labute approximate surface area is 173 Å². The third-order valence-corrected chi connectivity index (χ3v) is 6.57. The molecule has 1 N–H and O–H groups in total. The Bertz CT molecular complexity index is 690. The van der Waals surface area contributed by atoms with E-state index in [1.807, 2.05) is 26.2 Å². The van der Waals surface area contributed by atoms with Gasteiger partial charge in [0, 0.05) is 46.2 Å². The monoisotopic (exact) mass is 403 g/mol. The molecule has 2 amide bonds. The lowest BCUT2D eigenvalue weighted by Crippen LogP contribution is -2.42. The van der Waals surface area contributed by atoms with E-state index in [9.17, 15) is 4.79 Å². The maximum Gasteiger partial charge on any atom is 0.320 e. The fourth-order valence-electron chi connectivity index (χ4n) is 5.01. The molecule has 0 radical (unpaired) electrons. The maximum absolute atomic E-state index is 12.8. The number of rotatable bonds is 4. The summed E-state index contributed by atoms with van der Waals surface area (Å²) in [6.07, 6.45) is 4.21. The van der Waals surface area contributed by atoms with E-state index >= 15 is 0 Å². The Kier molecular flexibility index (Phi) is 7.00. The predicted octanol–water partition coefficient (Wildman–Crippen LogP) is 2.78. The molecule has 3 aliphatic rings. The average Bonchev–Trinajstić information content (AvgIpc) is 3.22. The summed E-state index contributed by atoms with van der Waals surface area (Å²) in [6.45, 7) is 4.14. The van der Waals surface area contributed by atoms with Crippen LogP contribution in [0.3, 0.4) is 0 Å². The van der Waals surface area contributed by atoms with Gasteiger partial charge in [-0.05, 0) is 42.4 Å². The highest BCUT2D eigenvalue weighted by Crippen LogP contribution is 2.46. The number of hydrogen-bond donors (Lipinski definition) is 1. The Hall–Kier alpha value is -2.28. The molecule has 4 rings (SSSR count). The second kappa shape index (κ2) is 9.48. The molecule has 0 bridgehead atoms. The number of methoxy groups -OCH3 is 1. The molecular formula is C22H33N3O4. The van der Waals surface area contributed by atoms with E-state index in [2.05, 4.69) is 21.9 Å². The van der Waals surface area contributed by atoms with Crippen molar-refractivity contribution in [1.82, 2.24) is 14.7 Å². The van der Waals surface area contributed by atoms with Gasteiger partial charge in [-0.15, -0.1) is 0 Å². The van der Waals surface area contributed by atoms with Crippen LogP contribution in [0.15, 0.2) is 24.3 Å². The van der Waals surface area contributed by atoms with Crippen LogP contribution in [-0.2, 0) is 4.79 Å². The summed E-state index contributed by atoms with van der Waals surface area (Å²) in [4.78, 5) is 27.6. The lowest BCUT2D eigenvalue weighted by Gasteiger charge is -2.34. The summed E-state index contributed by atoms with van der Waals surface area (Å²) >= 11 is 0. The number of nitrogens with zero attached hydrogens (tertiary/aromatic N) is 3. The van der Waals surface area contributed by atoms with Crippen LogP contribution in [0.2, 0.25) is 0 Å². The number of urea groups is 1. The van der Waals surface area contributed by atoms with Crippen molar-refractivity contribution < 1.29 is 19.4 Å². The van der Waals surface area contributed by atoms with E-state index in [0.29, 0.717) is 11.8 Å². The largest absolute Gasteiger partial charge is 0.497 e. The zero-order valence-electron chi connectivity index (χ0n) is 17.7. The first kappa shape index (κ1) is 21.4. The van der Waals surface area contributed by atoms with Crippen molar-refractivity contribution in [3.8, 4) is 5.75 Å². The quantitative estimate of drug-likeness (QED) is 0.783. The normalized spacial score (nSPS) is 26.2. The van der Waals surface area contributed by atoms with Crippen molar-refractivity contribution >= 4 is 12.5 Å². The van der Waals surface area contributed by atoms with E-state index in [0.717, 1.165) is 31.3 Å². The topological polar surface area (TPSA) is 73.3 Å². The summed E-state index contributed by atoms with van der Waals surface area (Å²) in [5, 5.41) is 6.89.